The van der Waals surface area contributed by atoms with Gasteiger partial charge in [0.15, 0.2) is 0 Å². The molecule has 4 aliphatic carbocycles. The van der Waals surface area contributed by atoms with Crippen molar-refractivity contribution >= 4 is 0 Å². The molecule has 8 atom stereocenters. The van der Waals surface area contributed by atoms with Gasteiger partial charge in [-0.05, 0) is 61.2 Å². The summed E-state index contributed by atoms with van der Waals surface area (Å²) in [5, 5.41) is 0. The molecule has 1 heterocycles. The Balaban J connectivity index is 1.58. The van der Waals surface area contributed by atoms with Gasteiger partial charge in [0.2, 0.25) is 0 Å². The summed E-state index contributed by atoms with van der Waals surface area (Å²) in [7, 11) is 0. The minimum absolute atomic E-state index is 0.731. The molecule has 14 heavy (non-hydrogen) atoms. The minimum Gasteiger partial charge on any atom is -0.369 e. The quantitative estimate of drug-likeness (QED) is 0.534. The Hall–Kier alpha value is -0.0400. The zero-order valence-corrected chi connectivity index (χ0v) is 8.56. The lowest BCUT2D eigenvalue weighted by Crippen LogP contribution is -2.32. The molecule has 0 amide bonds. The first-order valence-electron chi connectivity index (χ1n) is 6.59. The average molecular weight is 190 g/mol. The van der Waals surface area contributed by atoms with E-state index in [2.05, 4.69) is 0 Å². The van der Waals surface area contributed by atoms with E-state index in [1.165, 1.54) is 18.8 Å². The fraction of sp³-hybridized carbons (Fsp3) is 1.00. The van der Waals surface area contributed by atoms with E-state index in [-0.39, 0.29) is 0 Å². The van der Waals surface area contributed by atoms with Crippen LogP contribution >= 0.6 is 0 Å². The molecule has 0 aromatic rings. The van der Waals surface area contributed by atoms with Crippen LogP contribution in [-0.4, -0.2) is 12.2 Å². The first-order valence-corrected chi connectivity index (χ1v) is 6.59. The summed E-state index contributed by atoms with van der Waals surface area (Å²) in [6.45, 7) is 0. The van der Waals surface area contributed by atoms with E-state index in [0.29, 0.717) is 0 Å². The van der Waals surface area contributed by atoms with Crippen molar-refractivity contribution in [1.29, 1.82) is 0 Å². The summed E-state index contributed by atoms with van der Waals surface area (Å²) in [5.74, 6) is 6.71. The lowest BCUT2D eigenvalue weighted by molar-refractivity contribution is 0.0817. The van der Waals surface area contributed by atoms with Gasteiger partial charge >= 0.3 is 0 Å². The van der Waals surface area contributed by atoms with Gasteiger partial charge in [0.1, 0.15) is 0 Å². The van der Waals surface area contributed by atoms with Gasteiger partial charge in [-0.1, -0.05) is 6.42 Å². The van der Waals surface area contributed by atoms with Crippen LogP contribution in [0.25, 0.3) is 0 Å². The molecule has 0 aromatic carbocycles. The maximum Gasteiger partial charge on any atom is 0.0875 e. The molecule has 1 heteroatoms. The maximum atomic E-state index is 5.77. The summed E-state index contributed by atoms with van der Waals surface area (Å²) in [6, 6.07) is 0. The highest BCUT2D eigenvalue weighted by Gasteiger charge is 2.69. The summed E-state index contributed by atoms with van der Waals surface area (Å²) >= 11 is 0. The fourth-order valence-electron chi connectivity index (χ4n) is 6.05. The van der Waals surface area contributed by atoms with Gasteiger partial charge in [0.05, 0.1) is 12.2 Å². The molecule has 0 spiro atoms. The molecule has 0 radical (unpaired) electrons. The number of rotatable bonds is 0. The Kier molecular flexibility index (Phi) is 1.07. The van der Waals surface area contributed by atoms with Crippen LogP contribution in [0, 0.1) is 35.5 Å². The molecular formula is C13H18O. The first kappa shape index (κ1) is 7.27. The summed E-state index contributed by atoms with van der Waals surface area (Å²) < 4.78 is 5.77. The molecule has 8 unspecified atom stereocenters. The molecule has 5 aliphatic rings. The normalized spacial score (nSPS) is 72.0. The van der Waals surface area contributed by atoms with Crippen LogP contribution in [0.1, 0.15) is 32.1 Å². The van der Waals surface area contributed by atoms with Crippen molar-refractivity contribution in [3.8, 4) is 0 Å². The van der Waals surface area contributed by atoms with Crippen LogP contribution in [0.15, 0.2) is 0 Å². The monoisotopic (exact) mass is 190 g/mol. The van der Waals surface area contributed by atoms with E-state index in [0.717, 1.165) is 41.8 Å². The van der Waals surface area contributed by atoms with E-state index in [1.54, 1.807) is 19.3 Å². The molecule has 5 rings (SSSR count). The van der Waals surface area contributed by atoms with Crippen molar-refractivity contribution in [1.82, 2.24) is 0 Å². The summed E-state index contributed by atoms with van der Waals surface area (Å²) in [4.78, 5) is 0. The van der Waals surface area contributed by atoms with Crippen molar-refractivity contribution in [2.45, 2.75) is 44.3 Å². The SMILES string of the molecule is C1CC2C3CC(C2C1)C1C3CC2OC21. The highest BCUT2D eigenvalue weighted by Crippen LogP contribution is 2.70. The molecule has 2 bridgehead atoms. The molecule has 76 valence electrons. The number of fused-ring (bicyclic) bond motifs is 10. The standard InChI is InChI=1S/C13H18O/c1-2-6-7(3-1)9-4-8(6)10-5-11-13(14-11)12(9)10/h6-13H,1-5H2. The van der Waals surface area contributed by atoms with Gasteiger partial charge in [0, 0.05) is 0 Å². The Labute approximate surface area is 85.2 Å². The van der Waals surface area contributed by atoms with Crippen molar-refractivity contribution in [2.75, 3.05) is 0 Å². The average Bonchev–Trinajstić information content (AvgIpc) is 2.65. The Morgan fingerprint density at radius 1 is 0.786 bits per heavy atom. The summed E-state index contributed by atoms with van der Waals surface area (Å²) in [6.07, 6.45) is 9.19. The van der Waals surface area contributed by atoms with E-state index in [1.807, 2.05) is 0 Å². The molecule has 5 fully saturated rings. The van der Waals surface area contributed by atoms with Crippen molar-refractivity contribution < 1.29 is 4.74 Å². The first-order chi connectivity index (χ1) is 6.93. The molecule has 0 N–H and O–H groups in total. The van der Waals surface area contributed by atoms with Crippen molar-refractivity contribution in [3.63, 3.8) is 0 Å². The predicted molar refractivity (Wildman–Crippen MR) is 52.7 cm³/mol. The largest absolute Gasteiger partial charge is 0.369 e. The summed E-state index contributed by atoms with van der Waals surface area (Å²) in [5.41, 5.74) is 0. The second-order valence-electron chi connectivity index (χ2n) is 6.44. The van der Waals surface area contributed by atoms with Gasteiger partial charge in [0.25, 0.3) is 0 Å². The van der Waals surface area contributed by atoms with Crippen molar-refractivity contribution in [2.24, 2.45) is 35.5 Å². The van der Waals surface area contributed by atoms with E-state index in [4.69, 9.17) is 4.74 Å². The topological polar surface area (TPSA) is 12.5 Å². The highest BCUT2D eigenvalue weighted by molar-refractivity contribution is 5.16. The van der Waals surface area contributed by atoms with Crippen LogP contribution < -0.4 is 0 Å². The molecule has 1 aliphatic heterocycles. The van der Waals surface area contributed by atoms with Gasteiger partial charge in [-0.3, -0.25) is 0 Å². The van der Waals surface area contributed by atoms with Crippen LogP contribution in [0.3, 0.4) is 0 Å². The van der Waals surface area contributed by atoms with Crippen molar-refractivity contribution in [3.05, 3.63) is 0 Å². The molecule has 4 saturated carbocycles. The number of ether oxygens (including phenoxy) is 1. The van der Waals surface area contributed by atoms with E-state index in [9.17, 15) is 0 Å². The van der Waals surface area contributed by atoms with Gasteiger partial charge in [-0.25, -0.2) is 0 Å². The molecular weight excluding hydrogens is 172 g/mol. The van der Waals surface area contributed by atoms with Crippen LogP contribution in [0.2, 0.25) is 0 Å². The second-order valence-corrected chi connectivity index (χ2v) is 6.44. The predicted octanol–water partition coefficient (Wildman–Crippen LogP) is 2.46. The van der Waals surface area contributed by atoms with Crippen LogP contribution in [0.5, 0.6) is 0 Å². The van der Waals surface area contributed by atoms with Gasteiger partial charge in [-0.15, -0.1) is 0 Å². The zero-order valence-electron chi connectivity index (χ0n) is 8.56. The van der Waals surface area contributed by atoms with E-state index >= 15 is 0 Å². The number of hydrogen-bond donors (Lipinski definition) is 0. The lowest BCUT2D eigenvalue weighted by Gasteiger charge is -2.35. The Morgan fingerprint density at radius 2 is 1.57 bits per heavy atom. The zero-order chi connectivity index (χ0) is 8.86. The Morgan fingerprint density at radius 3 is 2.50 bits per heavy atom. The van der Waals surface area contributed by atoms with Crippen LogP contribution in [0.4, 0.5) is 0 Å². The molecule has 1 nitrogen and oxygen atoms in total. The minimum atomic E-state index is 0.731. The third kappa shape index (κ3) is 0.625. The second kappa shape index (κ2) is 2.07. The number of hydrogen-bond acceptors (Lipinski definition) is 1. The highest BCUT2D eigenvalue weighted by atomic mass is 16.6. The van der Waals surface area contributed by atoms with Crippen LogP contribution in [-0.2, 0) is 4.74 Å². The van der Waals surface area contributed by atoms with Gasteiger partial charge < -0.3 is 4.74 Å². The lowest BCUT2D eigenvalue weighted by atomic mass is 9.70. The molecule has 1 saturated heterocycles. The third-order valence-electron chi connectivity index (χ3n) is 6.31. The Bertz CT molecular complexity index is 300. The fourth-order valence-corrected chi connectivity index (χ4v) is 6.05. The third-order valence-corrected chi connectivity index (χ3v) is 6.31. The smallest absolute Gasteiger partial charge is 0.0875 e. The number of epoxide rings is 1. The maximum absolute atomic E-state index is 5.77. The van der Waals surface area contributed by atoms with E-state index < -0.39 is 0 Å². The van der Waals surface area contributed by atoms with Gasteiger partial charge in [-0.2, -0.15) is 0 Å². The molecule has 0 aromatic heterocycles.